The fourth-order valence-corrected chi connectivity index (χ4v) is 3.74. The number of aryl methyl sites for hydroxylation is 2. The molecule has 1 amide bonds. The summed E-state index contributed by atoms with van der Waals surface area (Å²) in [7, 11) is -3.93. The molecule has 1 aromatic heterocycles. The highest BCUT2D eigenvalue weighted by Crippen LogP contribution is 2.23. The van der Waals surface area contributed by atoms with Crippen LogP contribution < -0.4 is 9.62 Å². The molecule has 136 valence electrons. The lowest BCUT2D eigenvalue weighted by Crippen LogP contribution is -2.38. The van der Waals surface area contributed by atoms with Crippen LogP contribution in [0.25, 0.3) is 0 Å². The van der Waals surface area contributed by atoms with Gasteiger partial charge in [-0.1, -0.05) is 11.2 Å². The fourth-order valence-electron chi connectivity index (χ4n) is 2.40. The van der Waals surface area contributed by atoms with Gasteiger partial charge in [0.15, 0.2) is 5.76 Å². The molecular formula is C15H17F2N3O4S. The number of para-hydroxylation sites is 1. The third kappa shape index (κ3) is 4.02. The van der Waals surface area contributed by atoms with Gasteiger partial charge in [0.25, 0.3) is 0 Å². The Balaban J connectivity index is 2.17. The lowest BCUT2D eigenvalue weighted by molar-refractivity contribution is -0.116. The monoisotopic (exact) mass is 373 g/mol. The number of benzene rings is 1. The number of anilines is 1. The number of aromatic nitrogens is 1. The van der Waals surface area contributed by atoms with E-state index in [2.05, 4.69) is 9.88 Å². The van der Waals surface area contributed by atoms with Gasteiger partial charge in [-0.2, -0.15) is 0 Å². The van der Waals surface area contributed by atoms with Gasteiger partial charge >= 0.3 is 0 Å². The molecule has 1 N–H and O–H groups in total. The summed E-state index contributed by atoms with van der Waals surface area (Å²) in [5, 5.41) is 3.57. The van der Waals surface area contributed by atoms with Gasteiger partial charge in [0.05, 0.1) is 0 Å². The van der Waals surface area contributed by atoms with Crippen molar-refractivity contribution in [3.8, 4) is 0 Å². The normalized spacial score (nSPS) is 11.6. The summed E-state index contributed by atoms with van der Waals surface area (Å²) in [5.41, 5.74) is -0.333. The SMILES string of the molecule is CC(=O)N(CCNS(=O)(=O)c1c(C)noc1C)c1c(F)cccc1F. The Kier molecular flexibility index (Phi) is 5.53. The van der Waals surface area contributed by atoms with E-state index in [0.29, 0.717) is 0 Å². The van der Waals surface area contributed by atoms with Gasteiger partial charge in [0.1, 0.15) is 27.9 Å². The molecule has 0 saturated heterocycles. The first-order chi connectivity index (χ1) is 11.6. The van der Waals surface area contributed by atoms with E-state index < -0.39 is 33.3 Å². The van der Waals surface area contributed by atoms with Gasteiger partial charge in [-0.15, -0.1) is 0 Å². The Hall–Kier alpha value is -2.33. The standard InChI is InChI=1S/C15H17F2N3O4S/c1-9-15(10(2)24-19-9)25(22,23)18-7-8-20(11(3)21)14-12(16)5-4-6-13(14)17/h4-6,18H,7-8H2,1-3H3. The summed E-state index contributed by atoms with van der Waals surface area (Å²) in [4.78, 5) is 12.5. The number of carbonyl (C=O) groups excluding carboxylic acids is 1. The molecular weight excluding hydrogens is 356 g/mol. The smallest absolute Gasteiger partial charge is 0.246 e. The van der Waals surface area contributed by atoms with Crippen LogP contribution in [0.3, 0.4) is 0 Å². The van der Waals surface area contributed by atoms with Crippen LogP contribution in [-0.2, 0) is 14.8 Å². The molecule has 0 spiro atoms. The number of hydrogen-bond donors (Lipinski definition) is 1. The zero-order valence-corrected chi connectivity index (χ0v) is 14.7. The van der Waals surface area contributed by atoms with Crippen molar-refractivity contribution < 1.29 is 26.5 Å². The molecule has 2 rings (SSSR count). The largest absolute Gasteiger partial charge is 0.360 e. The zero-order valence-electron chi connectivity index (χ0n) is 13.8. The molecule has 0 saturated carbocycles. The fraction of sp³-hybridized carbons (Fsp3) is 0.333. The third-order valence-electron chi connectivity index (χ3n) is 3.45. The van der Waals surface area contributed by atoms with Gasteiger partial charge in [0, 0.05) is 20.0 Å². The van der Waals surface area contributed by atoms with E-state index in [1.165, 1.54) is 19.9 Å². The average Bonchev–Trinajstić information content (AvgIpc) is 2.84. The number of hydrogen-bond acceptors (Lipinski definition) is 5. The molecule has 0 bridgehead atoms. The Morgan fingerprint density at radius 1 is 1.28 bits per heavy atom. The second-order valence-corrected chi connectivity index (χ2v) is 7.00. The van der Waals surface area contributed by atoms with E-state index in [1.807, 2.05) is 0 Å². The minimum Gasteiger partial charge on any atom is -0.360 e. The van der Waals surface area contributed by atoms with E-state index in [1.54, 1.807) is 0 Å². The van der Waals surface area contributed by atoms with E-state index in [-0.39, 0.29) is 29.4 Å². The van der Waals surface area contributed by atoms with E-state index in [9.17, 15) is 22.0 Å². The summed E-state index contributed by atoms with van der Waals surface area (Å²) < 4.78 is 59.4. The first kappa shape index (κ1) is 19.0. The maximum Gasteiger partial charge on any atom is 0.246 e. The van der Waals surface area contributed by atoms with Gasteiger partial charge in [0.2, 0.25) is 15.9 Å². The summed E-state index contributed by atoms with van der Waals surface area (Å²) in [6.07, 6.45) is 0. The number of nitrogens with one attached hydrogen (secondary N) is 1. The zero-order chi connectivity index (χ0) is 18.8. The predicted molar refractivity (Wildman–Crippen MR) is 85.6 cm³/mol. The van der Waals surface area contributed by atoms with Gasteiger partial charge < -0.3 is 9.42 Å². The second kappa shape index (κ2) is 7.28. The molecule has 10 heteroatoms. The molecule has 0 fully saturated rings. The highest BCUT2D eigenvalue weighted by molar-refractivity contribution is 7.89. The summed E-state index contributed by atoms with van der Waals surface area (Å²) in [6, 6.07) is 3.21. The van der Waals surface area contributed by atoms with Crippen molar-refractivity contribution in [1.82, 2.24) is 9.88 Å². The van der Waals surface area contributed by atoms with Crippen molar-refractivity contribution >= 4 is 21.6 Å². The van der Waals surface area contributed by atoms with Crippen molar-refractivity contribution in [3.05, 3.63) is 41.3 Å². The van der Waals surface area contributed by atoms with E-state index >= 15 is 0 Å². The Labute approximate surface area is 143 Å². The molecule has 0 aliphatic carbocycles. The van der Waals surface area contributed by atoms with Crippen LogP contribution in [-0.4, -0.2) is 32.6 Å². The second-order valence-electron chi connectivity index (χ2n) is 5.29. The van der Waals surface area contributed by atoms with Crippen LogP contribution in [0.15, 0.2) is 27.6 Å². The van der Waals surface area contributed by atoms with E-state index in [0.717, 1.165) is 24.0 Å². The van der Waals surface area contributed by atoms with Crippen molar-refractivity contribution in [2.75, 3.05) is 18.0 Å². The Bertz CT molecular complexity index is 856. The third-order valence-corrected chi connectivity index (χ3v) is 5.16. The van der Waals surface area contributed by atoms with Crippen LogP contribution in [0, 0.1) is 25.5 Å². The summed E-state index contributed by atoms with van der Waals surface area (Å²) >= 11 is 0. The van der Waals surface area contributed by atoms with Gasteiger partial charge in [-0.3, -0.25) is 4.79 Å². The van der Waals surface area contributed by atoms with Gasteiger partial charge in [-0.05, 0) is 26.0 Å². The number of sulfonamides is 1. The number of carbonyl (C=O) groups is 1. The van der Waals surface area contributed by atoms with Crippen molar-refractivity contribution in [1.29, 1.82) is 0 Å². The quantitative estimate of drug-likeness (QED) is 0.835. The van der Waals surface area contributed by atoms with Crippen LogP contribution in [0.1, 0.15) is 18.4 Å². The predicted octanol–water partition coefficient (Wildman–Crippen LogP) is 1.90. The molecule has 0 unspecified atom stereocenters. The molecule has 0 atom stereocenters. The summed E-state index contributed by atoms with van der Waals surface area (Å²) in [6.45, 7) is 3.55. The lowest BCUT2D eigenvalue weighted by Gasteiger charge is -2.22. The lowest BCUT2D eigenvalue weighted by atomic mass is 10.2. The highest BCUT2D eigenvalue weighted by Gasteiger charge is 2.25. The molecule has 1 aromatic carbocycles. The van der Waals surface area contributed by atoms with Crippen LogP contribution in [0.4, 0.5) is 14.5 Å². The molecule has 7 nitrogen and oxygen atoms in total. The van der Waals surface area contributed by atoms with Crippen LogP contribution in [0.5, 0.6) is 0 Å². The topological polar surface area (TPSA) is 92.5 Å². The highest BCUT2D eigenvalue weighted by atomic mass is 32.2. The molecule has 0 aliphatic heterocycles. The van der Waals surface area contributed by atoms with Crippen molar-refractivity contribution in [3.63, 3.8) is 0 Å². The van der Waals surface area contributed by atoms with Crippen molar-refractivity contribution in [2.45, 2.75) is 25.7 Å². The average molecular weight is 373 g/mol. The minimum atomic E-state index is -3.93. The van der Waals surface area contributed by atoms with E-state index in [4.69, 9.17) is 4.52 Å². The molecule has 0 radical (unpaired) electrons. The Morgan fingerprint density at radius 2 is 1.88 bits per heavy atom. The van der Waals surface area contributed by atoms with Gasteiger partial charge in [-0.25, -0.2) is 21.9 Å². The Morgan fingerprint density at radius 3 is 2.36 bits per heavy atom. The molecule has 2 aromatic rings. The maximum atomic E-state index is 13.9. The first-order valence-electron chi connectivity index (χ1n) is 7.29. The molecule has 25 heavy (non-hydrogen) atoms. The summed E-state index contributed by atoms with van der Waals surface area (Å²) in [5.74, 6) is -2.33. The van der Waals surface area contributed by atoms with Crippen LogP contribution >= 0.6 is 0 Å². The number of rotatable bonds is 6. The number of nitrogens with zero attached hydrogens (tertiary/aromatic N) is 2. The molecule has 1 heterocycles. The number of halogens is 2. The maximum absolute atomic E-state index is 13.9. The molecule has 0 aliphatic rings. The van der Waals surface area contributed by atoms with Crippen LogP contribution in [0.2, 0.25) is 0 Å². The number of amides is 1. The minimum absolute atomic E-state index is 0.0982. The van der Waals surface area contributed by atoms with Crippen molar-refractivity contribution in [2.24, 2.45) is 0 Å². The first-order valence-corrected chi connectivity index (χ1v) is 8.78.